The Hall–Kier alpha value is -0.710. The summed E-state index contributed by atoms with van der Waals surface area (Å²) in [6.07, 6.45) is 0. The molecule has 6 heteroatoms. The first-order valence-electron chi connectivity index (χ1n) is 3.61. The van der Waals surface area contributed by atoms with Gasteiger partial charge in [0.25, 0.3) is 0 Å². The van der Waals surface area contributed by atoms with Gasteiger partial charge in [-0.3, -0.25) is 0 Å². The van der Waals surface area contributed by atoms with Crippen molar-refractivity contribution in [2.24, 2.45) is 0 Å². The van der Waals surface area contributed by atoms with E-state index in [-0.39, 0.29) is 10.8 Å². The summed E-state index contributed by atoms with van der Waals surface area (Å²) >= 11 is 12.5. The lowest BCUT2D eigenvalue weighted by Crippen LogP contribution is -1.83. The lowest BCUT2D eigenvalue weighted by Gasteiger charge is -1.98. The number of halogens is 3. The highest BCUT2D eigenvalue weighted by atomic mass is 35.5. The van der Waals surface area contributed by atoms with E-state index in [1.54, 1.807) is 0 Å². The molecule has 0 unspecified atom stereocenters. The zero-order valence-corrected chi connectivity index (χ0v) is 9.00. The molecule has 14 heavy (non-hydrogen) atoms. The Morgan fingerprint density at radius 1 is 1.29 bits per heavy atom. The minimum atomic E-state index is -0.389. The maximum atomic E-state index is 12.7. The predicted molar refractivity (Wildman–Crippen MR) is 55.3 cm³/mol. The van der Waals surface area contributed by atoms with Crippen LogP contribution >= 0.6 is 34.7 Å². The summed E-state index contributed by atoms with van der Waals surface area (Å²) in [7, 11) is 0. The minimum Gasteiger partial charge on any atom is -0.207 e. The van der Waals surface area contributed by atoms with Crippen LogP contribution in [0.25, 0.3) is 11.4 Å². The highest BCUT2D eigenvalue weighted by molar-refractivity contribution is 7.10. The molecular formula is C8H3Cl2FN2S. The van der Waals surface area contributed by atoms with Crippen molar-refractivity contribution in [2.45, 2.75) is 0 Å². The SMILES string of the molecule is Fc1ccc(-c2nsc(Cl)n2)c(Cl)c1. The maximum absolute atomic E-state index is 12.7. The molecule has 1 aromatic carbocycles. The van der Waals surface area contributed by atoms with Crippen LogP contribution in [0.15, 0.2) is 18.2 Å². The molecule has 0 fully saturated rings. The number of rotatable bonds is 1. The highest BCUT2D eigenvalue weighted by Crippen LogP contribution is 2.28. The highest BCUT2D eigenvalue weighted by Gasteiger charge is 2.09. The molecule has 0 saturated heterocycles. The molecule has 0 amide bonds. The average molecular weight is 249 g/mol. The number of hydrogen-bond donors (Lipinski definition) is 0. The van der Waals surface area contributed by atoms with Crippen LogP contribution in [0.1, 0.15) is 0 Å². The Labute approximate surface area is 93.5 Å². The van der Waals surface area contributed by atoms with E-state index in [9.17, 15) is 4.39 Å². The Bertz CT molecular complexity index is 472. The van der Waals surface area contributed by atoms with Gasteiger partial charge in [-0.05, 0) is 41.3 Å². The van der Waals surface area contributed by atoms with Crippen molar-refractivity contribution >= 4 is 34.7 Å². The molecule has 0 atom stereocenters. The van der Waals surface area contributed by atoms with E-state index in [2.05, 4.69) is 9.36 Å². The Morgan fingerprint density at radius 3 is 2.64 bits per heavy atom. The zero-order chi connectivity index (χ0) is 10.1. The molecule has 0 saturated carbocycles. The van der Waals surface area contributed by atoms with Crippen LogP contribution in [0.3, 0.4) is 0 Å². The topological polar surface area (TPSA) is 25.8 Å². The average Bonchev–Trinajstić information content (AvgIpc) is 2.51. The van der Waals surface area contributed by atoms with Crippen LogP contribution < -0.4 is 0 Å². The summed E-state index contributed by atoms with van der Waals surface area (Å²) in [4.78, 5) is 3.94. The molecule has 0 bridgehead atoms. The molecule has 0 aliphatic heterocycles. The third-order valence-electron chi connectivity index (χ3n) is 1.57. The molecule has 0 aliphatic carbocycles. The van der Waals surface area contributed by atoms with E-state index in [0.29, 0.717) is 15.9 Å². The fourth-order valence-electron chi connectivity index (χ4n) is 0.985. The molecule has 2 aromatic rings. The molecule has 0 aliphatic rings. The smallest absolute Gasteiger partial charge is 0.203 e. The molecule has 2 nitrogen and oxygen atoms in total. The molecule has 0 radical (unpaired) electrons. The van der Waals surface area contributed by atoms with Crippen LogP contribution in [0, 0.1) is 5.82 Å². The van der Waals surface area contributed by atoms with Crippen molar-refractivity contribution in [2.75, 3.05) is 0 Å². The van der Waals surface area contributed by atoms with E-state index in [1.165, 1.54) is 18.2 Å². The van der Waals surface area contributed by atoms with E-state index in [1.807, 2.05) is 0 Å². The number of benzene rings is 1. The minimum absolute atomic E-state index is 0.277. The Balaban J connectivity index is 2.52. The third kappa shape index (κ3) is 1.87. The molecular weight excluding hydrogens is 246 g/mol. The first kappa shape index (κ1) is 9.83. The molecule has 0 N–H and O–H groups in total. The molecule has 1 heterocycles. The fourth-order valence-corrected chi connectivity index (χ4v) is 1.85. The first-order valence-corrected chi connectivity index (χ1v) is 5.14. The molecule has 1 aromatic heterocycles. The summed E-state index contributed by atoms with van der Waals surface area (Å²) in [5.74, 6) is 0.0325. The van der Waals surface area contributed by atoms with Gasteiger partial charge in [-0.15, -0.1) is 0 Å². The molecule has 72 valence electrons. The maximum Gasteiger partial charge on any atom is 0.203 e. The van der Waals surface area contributed by atoms with E-state index >= 15 is 0 Å². The van der Waals surface area contributed by atoms with Gasteiger partial charge in [0.2, 0.25) is 4.47 Å². The normalized spacial score (nSPS) is 10.5. The van der Waals surface area contributed by atoms with Gasteiger partial charge in [0.1, 0.15) is 5.82 Å². The fraction of sp³-hybridized carbons (Fsp3) is 0. The van der Waals surface area contributed by atoms with Gasteiger partial charge in [0, 0.05) is 5.56 Å². The molecule has 0 spiro atoms. The zero-order valence-electron chi connectivity index (χ0n) is 6.67. The second-order valence-corrected chi connectivity index (χ2v) is 4.24. The third-order valence-corrected chi connectivity index (χ3v) is 2.68. The van der Waals surface area contributed by atoms with Crippen LogP contribution in [0.5, 0.6) is 0 Å². The van der Waals surface area contributed by atoms with Gasteiger partial charge < -0.3 is 0 Å². The summed E-state index contributed by atoms with van der Waals surface area (Å²) in [5, 5.41) is 0.277. The number of nitrogens with zero attached hydrogens (tertiary/aromatic N) is 2. The summed E-state index contributed by atoms with van der Waals surface area (Å²) in [6.45, 7) is 0. The summed E-state index contributed by atoms with van der Waals surface area (Å²) < 4.78 is 17.0. The van der Waals surface area contributed by atoms with Crippen molar-refractivity contribution in [1.29, 1.82) is 0 Å². The number of hydrogen-bond acceptors (Lipinski definition) is 3. The van der Waals surface area contributed by atoms with Gasteiger partial charge in [-0.1, -0.05) is 11.6 Å². The lowest BCUT2D eigenvalue weighted by molar-refractivity contribution is 0.628. The van der Waals surface area contributed by atoms with Crippen molar-refractivity contribution in [3.05, 3.63) is 33.5 Å². The van der Waals surface area contributed by atoms with Crippen molar-refractivity contribution in [1.82, 2.24) is 9.36 Å². The van der Waals surface area contributed by atoms with Crippen LogP contribution in [0.4, 0.5) is 4.39 Å². The van der Waals surface area contributed by atoms with Crippen molar-refractivity contribution in [3.63, 3.8) is 0 Å². The first-order chi connectivity index (χ1) is 6.66. The van der Waals surface area contributed by atoms with E-state index in [4.69, 9.17) is 23.2 Å². The quantitative estimate of drug-likeness (QED) is 0.770. The van der Waals surface area contributed by atoms with Crippen LogP contribution in [-0.4, -0.2) is 9.36 Å². The lowest BCUT2D eigenvalue weighted by atomic mass is 10.2. The summed E-state index contributed by atoms with van der Waals surface area (Å²) in [5.41, 5.74) is 0.580. The van der Waals surface area contributed by atoms with Crippen molar-refractivity contribution in [3.8, 4) is 11.4 Å². The molecule has 2 rings (SSSR count). The van der Waals surface area contributed by atoms with Gasteiger partial charge >= 0.3 is 0 Å². The monoisotopic (exact) mass is 248 g/mol. The second kappa shape index (κ2) is 3.81. The van der Waals surface area contributed by atoms with Gasteiger partial charge in [0.05, 0.1) is 5.02 Å². The van der Waals surface area contributed by atoms with E-state index in [0.717, 1.165) is 11.5 Å². The van der Waals surface area contributed by atoms with Crippen LogP contribution in [-0.2, 0) is 0 Å². The standard InChI is InChI=1S/C8H3Cl2FN2S/c9-6-3-4(11)1-2-5(6)7-12-8(10)14-13-7/h1-3H. The van der Waals surface area contributed by atoms with E-state index < -0.39 is 0 Å². The van der Waals surface area contributed by atoms with Gasteiger partial charge in [0.15, 0.2) is 5.82 Å². The van der Waals surface area contributed by atoms with Crippen molar-refractivity contribution < 1.29 is 4.39 Å². The van der Waals surface area contributed by atoms with Gasteiger partial charge in [-0.25, -0.2) is 9.37 Å². The predicted octanol–water partition coefficient (Wildman–Crippen LogP) is 3.65. The largest absolute Gasteiger partial charge is 0.207 e. The summed E-state index contributed by atoms with van der Waals surface area (Å²) in [6, 6.07) is 4.04. The Kier molecular flexibility index (Phi) is 2.67. The second-order valence-electron chi connectivity index (χ2n) is 2.50. The number of aromatic nitrogens is 2. The van der Waals surface area contributed by atoms with Crippen LogP contribution in [0.2, 0.25) is 9.49 Å². The Morgan fingerprint density at radius 2 is 2.07 bits per heavy atom. The van der Waals surface area contributed by atoms with Gasteiger partial charge in [-0.2, -0.15) is 4.37 Å².